The molecule has 0 aromatic carbocycles. The summed E-state index contributed by atoms with van der Waals surface area (Å²) in [6.45, 7) is 0. The lowest BCUT2D eigenvalue weighted by Crippen LogP contribution is -2.48. The SMILES string of the molecule is O=C1CC2CCCC12Cl. The van der Waals surface area contributed by atoms with Crippen LogP contribution in [0.3, 0.4) is 0 Å². The van der Waals surface area contributed by atoms with Gasteiger partial charge in [-0.05, 0) is 18.8 Å². The van der Waals surface area contributed by atoms with Crippen molar-refractivity contribution in [1.29, 1.82) is 0 Å². The van der Waals surface area contributed by atoms with Gasteiger partial charge in [-0.3, -0.25) is 4.79 Å². The first-order valence-electron chi connectivity index (χ1n) is 3.46. The van der Waals surface area contributed by atoms with Gasteiger partial charge in [0.1, 0.15) is 4.87 Å². The van der Waals surface area contributed by atoms with Crippen LogP contribution in [0.25, 0.3) is 0 Å². The first-order valence-corrected chi connectivity index (χ1v) is 3.83. The number of hydrogen-bond acceptors (Lipinski definition) is 1. The Labute approximate surface area is 59.4 Å². The van der Waals surface area contributed by atoms with Crippen molar-refractivity contribution in [3.63, 3.8) is 0 Å². The molecular weight excluding hydrogens is 136 g/mol. The summed E-state index contributed by atoms with van der Waals surface area (Å²) >= 11 is 6.01. The zero-order chi connectivity index (χ0) is 6.48. The molecule has 0 saturated heterocycles. The zero-order valence-corrected chi connectivity index (χ0v) is 5.95. The van der Waals surface area contributed by atoms with E-state index in [-0.39, 0.29) is 10.7 Å². The Balaban J connectivity index is 2.25. The largest absolute Gasteiger partial charge is 0.298 e. The Morgan fingerprint density at radius 3 is 2.89 bits per heavy atom. The van der Waals surface area contributed by atoms with Gasteiger partial charge >= 0.3 is 0 Å². The number of Topliss-reactive ketones (excluding diaryl/α,β-unsaturated/α-hetero) is 1. The van der Waals surface area contributed by atoms with Gasteiger partial charge in [0.05, 0.1) is 0 Å². The Bertz CT molecular complexity index is 166. The lowest BCUT2D eigenvalue weighted by molar-refractivity contribution is -0.130. The van der Waals surface area contributed by atoms with Gasteiger partial charge in [-0.1, -0.05) is 6.42 Å². The van der Waals surface area contributed by atoms with E-state index in [4.69, 9.17) is 11.6 Å². The molecule has 2 heteroatoms. The minimum absolute atomic E-state index is 0.284. The van der Waals surface area contributed by atoms with Crippen molar-refractivity contribution in [2.24, 2.45) is 5.92 Å². The highest BCUT2D eigenvalue weighted by Crippen LogP contribution is 2.52. The normalized spacial score (nSPS) is 48.6. The molecule has 2 atom stereocenters. The van der Waals surface area contributed by atoms with Crippen molar-refractivity contribution in [2.45, 2.75) is 30.6 Å². The minimum Gasteiger partial charge on any atom is -0.298 e. The zero-order valence-electron chi connectivity index (χ0n) is 5.19. The average Bonchev–Trinajstić information content (AvgIpc) is 2.11. The van der Waals surface area contributed by atoms with Gasteiger partial charge in [0, 0.05) is 6.42 Å². The maximum atomic E-state index is 10.9. The molecule has 0 N–H and O–H groups in total. The molecule has 50 valence electrons. The second kappa shape index (κ2) is 1.51. The first-order chi connectivity index (χ1) is 4.23. The summed E-state index contributed by atoms with van der Waals surface area (Å²) in [6, 6.07) is 0. The second-order valence-electron chi connectivity index (χ2n) is 3.08. The molecule has 0 amide bonds. The lowest BCUT2D eigenvalue weighted by atomic mass is 9.74. The topological polar surface area (TPSA) is 17.1 Å². The van der Waals surface area contributed by atoms with Crippen LogP contribution in [0.1, 0.15) is 25.7 Å². The molecule has 2 saturated carbocycles. The van der Waals surface area contributed by atoms with Crippen molar-refractivity contribution in [3.05, 3.63) is 0 Å². The van der Waals surface area contributed by atoms with E-state index in [1.165, 1.54) is 6.42 Å². The third kappa shape index (κ3) is 0.536. The molecule has 2 fully saturated rings. The third-order valence-electron chi connectivity index (χ3n) is 2.64. The van der Waals surface area contributed by atoms with E-state index in [1.807, 2.05) is 0 Å². The van der Waals surface area contributed by atoms with Gasteiger partial charge in [-0.25, -0.2) is 0 Å². The van der Waals surface area contributed by atoms with E-state index in [2.05, 4.69) is 0 Å². The highest BCUT2D eigenvalue weighted by atomic mass is 35.5. The van der Waals surface area contributed by atoms with Crippen molar-refractivity contribution in [1.82, 2.24) is 0 Å². The Morgan fingerprint density at radius 1 is 1.67 bits per heavy atom. The van der Waals surface area contributed by atoms with Crippen LogP contribution in [0.4, 0.5) is 0 Å². The van der Waals surface area contributed by atoms with Crippen LogP contribution < -0.4 is 0 Å². The molecule has 0 aliphatic heterocycles. The van der Waals surface area contributed by atoms with Crippen molar-refractivity contribution in [3.8, 4) is 0 Å². The molecule has 0 bridgehead atoms. The van der Waals surface area contributed by atoms with Crippen molar-refractivity contribution >= 4 is 17.4 Å². The number of ketones is 1. The molecule has 0 aromatic rings. The fourth-order valence-corrected chi connectivity index (χ4v) is 2.33. The quantitative estimate of drug-likeness (QED) is 0.474. The molecule has 0 heterocycles. The number of alkyl halides is 1. The molecule has 2 rings (SSSR count). The number of halogens is 1. The monoisotopic (exact) mass is 144 g/mol. The molecule has 0 aromatic heterocycles. The van der Waals surface area contributed by atoms with Crippen molar-refractivity contribution < 1.29 is 4.79 Å². The smallest absolute Gasteiger partial charge is 0.154 e. The van der Waals surface area contributed by atoms with E-state index in [0.29, 0.717) is 5.92 Å². The minimum atomic E-state index is -0.375. The number of carbonyl (C=O) groups is 1. The van der Waals surface area contributed by atoms with Gasteiger partial charge in [-0.15, -0.1) is 11.6 Å². The Kier molecular flexibility index (Phi) is 0.963. The number of hydrogen-bond donors (Lipinski definition) is 0. The molecular formula is C7H9ClO. The highest BCUT2D eigenvalue weighted by molar-refractivity contribution is 6.38. The van der Waals surface area contributed by atoms with E-state index in [1.54, 1.807) is 0 Å². The Morgan fingerprint density at radius 2 is 2.44 bits per heavy atom. The molecule has 2 unspecified atom stereocenters. The summed E-state index contributed by atoms with van der Waals surface area (Å²) in [5.74, 6) is 0.818. The Hall–Kier alpha value is -0.0400. The number of carbonyl (C=O) groups excluding carboxylic acids is 1. The van der Waals surface area contributed by atoms with Gasteiger partial charge in [0.25, 0.3) is 0 Å². The molecule has 9 heavy (non-hydrogen) atoms. The van der Waals surface area contributed by atoms with Crippen LogP contribution in [0, 0.1) is 5.92 Å². The predicted octanol–water partition coefficient (Wildman–Crippen LogP) is 1.74. The molecule has 1 nitrogen and oxygen atoms in total. The molecule has 0 spiro atoms. The average molecular weight is 145 g/mol. The van der Waals surface area contributed by atoms with Crippen LogP contribution in [0.5, 0.6) is 0 Å². The third-order valence-corrected chi connectivity index (χ3v) is 3.34. The van der Waals surface area contributed by atoms with Gasteiger partial charge in [-0.2, -0.15) is 0 Å². The fraction of sp³-hybridized carbons (Fsp3) is 0.857. The maximum Gasteiger partial charge on any atom is 0.154 e. The lowest BCUT2D eigenvalue weighted by Gasteiger charge is -2.37. The fourth-order valence-electron chi connectivity index (χ4n) is 1.93. The highest BCUT2D eigenvalue weighted by Gasteiger charge is 2.55. The molecule has 2 aliphatic carbocycles. The van der Waals surface area contributed by atoms with E-state index in [9.17, 15) is 4.79 Å². The summed E-state index contributed by atoms with van der Waals surface area (Å²) in [6.07, 6.45) is 4.01. The van der Waals surface area contributed by atoms with Crippen LogP contribution in [0.15, 0.2) is 0 Å². The maximum absolute atomic E-state index is 10.9. The van der Waals surface area contributed by atoms with Crippen LogP contribution in [0.2, 0.25) is 0 Å². The summed E-state index contributed by atoms with van der Waals surface area (Å²) in [5, 5.41) is 0. The van der Waals surface area contributed by atoms with Crippen LogP contribution >= 0.6 is 11.6 Å². The first kappa shape index (κ1) is 5.72. The van der Waals surface area contributed by atoms with Crippen LogP contribution in [-0.4, -0.2) is 10.7 Å². The van der Waals surface area contributed by atoms with Gasteiger partial charge in [0.2, 0.25) is 0 Å². The summed E-state index contributed by atoms with van der Waals surface area (Å²) < 4.78 is 0. The number of fused-ring (bicyclic) bond motifs is 1. The molecule has 2 aliphatic rings. The van der Waals surface area contributed by atoms with E-state index < -0.39 is 0 Å². The standard InChI is InChI=1S/C7H9ClO/c8-7-3-1-2-5(7)4-6(7)9/h5H,1-4H2. The van der Waals surface area contributed by atoms with Crippen molar-refractivity contribution in [2.75, 3.05) is 0 Å². The second-order valence-corrected chi connectivity index (χ2v) is 3.75. The molecule has 0 radical (unpaired) electrons. The van der Waals surface area contributed by atoms with Crippen LogP contribution in [-0.2, 0) is 4.79 Å². The summed E-state index contributed by atoms with van der Waals surface area (Å²) in [4.78, 5) is 10.5. The summed E-state index contributed by atoms with van der Waals surface area (Å²) in [5.41, 5.74) is 0. The van der Waals surface area contributed by atoms with E-state index in [0.717, 1.165) is 19.3 Å². The predicted molar refractivity (Wildman–Crippen MR) is 35.5 cm³/mol. The summed E-state index contributed by atoms with van der Waals surface area (Å²) in [7, 11) is 0. The van der Waals surface area contributed by atoms with E-state index >= 15 is 0 Å². The number of rotatable bonds is 0. The van der Waals surface area contributed by atoms with Gasteiger partial charge in [0.15, 0.2) is 5.78 Å². The van der Waals surface area contributed by atoms with Gasteiger partial charge < -0.3 is 0 Å².